The van der Waals surface area contributed by atoms with Gasteiger partial charge in [-0.25, -0.2) is 13.5 Å². The van der Waals surface area contributed by atoms with Gasteiger partial charge in [-0.1, -0.05) is 36.9 Å². The van der Waals surface area contributed by atoms with E-state index in [0.717, 1.165) is 18.2 Å². The largest absolute Gasteiger partial charge is 0.454 e. The zero-order valence-electron chi connectivity index (χ0n) is 17.6. The van der Waals surface area contributed by atoms with Crippen molar-refractivity contribution in [1.82, 2.24) is 15.1 Å². The quantitative estimate of drug-likeness (QED) is 0.443. The Bertz CT molecular complexity index is 1450. The molecule has 6 nitrogen and oxygen atoms in total. The lowest BCUT2D eigenvalue weighted by Crippen LogP contribution is -2.22. The Morgan fingerprint density at radius 1 is 1.09 bits per heavy atom. The molecule has 4 aromatic rings. The number of aromatic nitrogens is 2. The Kier molecular flexibility index (Phi) is 5.99. The molecule has 0 atom stereocenters. The van der Waals surface area contributed by atoms with E-state index in [0.29, 0.717) is 27.6 Å². The maximum absolute atomic E-state index is 14.3. The van der Waals surface area contributed by atoms with Crippen molar-refractivity contribution < 1.29 is 18.3 Å². The monoisotopic (exact) mass is 447 g/mol. The molecule has 0 saturated carbocycles. The molecular weight excluding hydrogens is 428 g/mol. The number of benzene rings is 3. The fourth-order valence-corrected chi connectivity index (χ4v) is 3.49. The van der Waals surface area contributed by atoms with Gasteiger partial charge in [-0.2, -0.15) is 5.10 Å². The van der Waals surface area contributed by atoms with Gasteiger partial charge in [0.1, 0.15) is 17.3 Å². The molecule has 1 amide bonds. The third-order valence-corrected chi connectivity index (χ3v) is 5.06. The highest BCUT2D eigenvalue weighted by Crippen LogP contribution is 2.38. The summed E-state index contributed by atoms with van der Waals surface area (Å²) in [5.74, 6) is -1.94. The minimum absolute atomic E-state index is 0.0993. The molecule has 1 heterocycles. The maximum Gasteiger partial charge on any atom is 0.274 e. The summed E-state index contributed by atoms with van der Waals surface area (Å²) < 4.78 is 34.8. The molecule has 0 aliphatic heterocycles. The lowest BCUT2D eigenvalue weighted by molar-refractivity contribution is -0.116. The van der Waals surface area contributed by atoms with Crippen molar-refractivity contribution in [3.05, 3.63) is 101 Å². The predicted molar refractivity (Wildman–Crippen MR) is 121 cm³/mol. The van der Waals surface area contributed by atoms with Crippen molar-refractivity contribution in [2.75, 3.05) is 0 Å². The van der Waals surface area contributed by atoms with Crippen LogP contribution in [0.5, 0.6) is 11.5 Å². The van der Waals surface area contributed by atoms with E-state index < -0.39 is 11.6 Å². The van der Waals surface area contributed by atoms with Crippen LogP contribution in [0, 0.1) is 11.6 Å². The average Bonchev–Trinajstić information content (AvgIpc) is 2.82. The molecule has 0 saturated heterocycles. The summed E-state index contributed by atoms with van der Waals surface area (Å²) in [6, 6.07) is 15.0. The summed E-state index contributed by atoms with van der Waals surface area (Å²) in [5, 5.41) is 8.17. The second-order valence-corrected chi connectivity index (χ2v) is 7.21. The number of carbonyl (C=O) groups excluding carboxylic acids is 1. The third kappa shape index (κ3) is 4.36. The fraction of sp³-hybridized carbons (Fsp3) is 0.0800. The van der Waals surface area contributed by atoms with Crippen LogP contribution in [-0.2, 0) is 18.4 Å². The average molecular weight is 447 g/mol. The third-order valence-electron chi connectivity index (χ3n) is 5.06. The Morgan fingerprint density at radius 2 is 1.85 bits per heavy atom. The Hall–Kier alpha value is -4.33. The number of halogens is 2. The second-order valence-electron chi connectivity index (χ2n) is 7.21. The van der Waals surface area contributed by atoms with Crippen LogP contribution < -0.4 is 15.6 Å². The lowest BCUT2D eigenvalue weighted by Gasteiger charge is -2.17. The zero-order valence-corrected chi connectivity index (χ0v) is 17.6. The number of nitrogens with zero attached hydrogens (tertiary/aromatic N) is 2. The van der Waals surface area contributed by atoms with Crippen LogP contribution in [0.2, 0.25) is 0 Å². The van der Waals surface area contributed by atoms with Crippen molar-refractivity contribution >= 4 is 16.7 Å². The zero-order chi connectivity index (χ0) is 23.5. The van der Waals surface area contributed by atoms with E-state index in [1.807, 2.05) is 0 Å². The fourth-order valence-electron chi connectivity index (χ4n) is 3.49. The molecule has 8 heteroatoms. The molecule has 3 aromatic carbocycles. The number of ether oxygens (including phenoxy) is 1. The summed E-state index contributed by atoms with van der Waals surface area (Å²) in [4.78, 5) is 24.4. The van der Waals surface area contributed by atoms with Crippen LogP contribution in [0.4, 0.5) is 8.78 Å². The van der Waals surface area contributed by atoms with E-state index in [2.05, 4.69) is 17.0 Å². The van der Waals surface area contributed by atoms with Crippen LogP contribution in [0.3, 0.4) is 0 Å². The Labute approximate surface area is 187 Å². The number of hydrogen-bond donors (Lipinski definition) is 1. The molecule has 0 aliphatic rings. The van der Waals surface area contributed by atoms with E-state index in [4.69, 9.17) is 4.74 Å². The van der Waals surface area contributed by atoms with Gasteiger partial charge in [-0.15, -0.1) is 0 Å². The first-order valence-corrected chi connectivity index (χ1v) is 10.0. The van der Waals surface area contributed by atoms with Gasteiger partial charge in [-0.05, 0) is 35.9 Å². The van der Waals surface area contributed by atoms with Crippen LogP contribution in [-0.4, -0.2) is 15.7 Å². The van der Waals surface area contributed by atoms with Gasteiger partial charge in [0, 0.05) is 25.0 Å². The smallest absolute Gasteiger partial charge is 0.274 e. The van der Waals surface area contributed by atoms with Gasteiger partial charge in [-0.3, -0.25) is 9.59 Å². The normalized spacial score (nSPS) is 10.8. The molecule has 166 valence electrons. The van der Waals surface area contributed by atoms with Gasteiger partial charge < -0.3 is 10.1 Å². The highest BCUT2D eigenvalue weighted by atomic mass is 19.1. The highest BCUT2D eigenvalue weighted by molar-refractivity contribution is 5.96. The highest BCUT2D eigenvalue weighted by Gasteiger charge is 2.20. The van der Waals surface area contributed by atoms with E-state index in [-0.39, 0.29) is 29.5 Å². The number of hydrogen-bond acceptors (Lipinski definition) is 4. The molecule has 0 radical (unpaired) electrons. The number of aryl methyl sites for hydroxylation is 1. The predicted octanol–water partition coefficient (Wildman–Crippen LogP) is 4.47. The molecule has 0 aliphatic carbocycles. The van der Waals surface area contributed by atoms with E-state index >= 15 is 0 Å². The number of rotatable bonds is 6. The second kappa shape index (κ2) is 9.04. The molecular formula is C25H19F2N3O3. The summed E-state index contributed by atoms with van der Waals surface area (Å²) in [7, 11) is 1.53. The Morgan fingerprint density at radius 3 is 2.58 bits per heavy atom. The minimum atomic E-state index is -0.871. The van der Waals surface area contributed by atoms with Gasteiger partial charge in [0.05, 0.1) is 10.9 Å². The summed E-state index contributed by atoms with van der Waals surface area (Å²) in [6.45, 7) is 3.55. The van der Waals surface area contributed by atoms with Gasteiger partial charge in [0.2, 0.25) is 5.91 Å². The van der Waals surface area contributed by atoms with Crippen LogP contribution in [0.25, 0.3) is 22.0 Å². The maximum atomic E-state index is 14.3. The molecule has 0 bridgehead atoms. The number of carbonyl (C=O) groups is 1. The first kappa shape index (κ1) is 21.9. The van der Waals surface area contributed by atoms with E-state index in [1.54, 1.807) is 42.5 Å². The molecule has 0 spiro atoms. The summed E-state index contributed by atoms with van der Waals surface area (Å²) in [6.07, 6.45) is 1.15. The van der Waals surface area contributed by atoms with Crippen molar-refractivity contribution in [3.8, 4) is 22.8 Å². The lowest BCUT2D eigenvalue weighted by atomic mass is 9.98. The number of nitrogens with one attached hydrogen (secondary N) is 1. The van der Waals surface area contributed by atoms with Crippen LogP contribution in [0.1, 0.15) is 5.56 Å². The van der Waals surface area contributed by atoms with Crippen molar-refractivity contribution in [2.45, 2.75) is 6.54 Å². The minimum Gasteiger partial charge on any atom is -0.454 e. The van der Waals surface area contributed by atoms with E-state index in [9.17, 15) is 18.4 Å². The van der Waals surface area contributed by atoms with Crippen molar-refractivity contribution in [3.63, 3.8) is 0 Å². The molecule has 0 fully saturated rings. The standard InChI is InChI=1S/C25H19F2N3O3/c1-3-22(31)28-14-15-7-6-10-21(33-20-12-11-16(26)13-19(20)27)23(15)24-17-8-4-5-9-18(17)25(32)30(2)29-24/h3-13H,1,14H2,2H3,(H,28,31). The van der Waals surface area contributed by atoms with Crippen molar-refractivity contribution in [2.24, 2.45) is 7.05 Å². The first-order valence-electron chi connectivity index (χ1n) is 10.0. The molecule has 4 rings (SSSR count). The van der Waals surface area contributed by atoms with Crippen molar-refractivity contribution in [1.29, 1.82) is 0 Å². The van der Waals surface area contributed by atoms with Gasteiger partial charge in [0.25, 0.3) is 5.56 Å². The molecule has 33 heavy (non-hydrogen) atoms. The summed E-state index contributed by atoms with van der Waals surface area (Å²) >= 11 is 0. The molecule has 1 aromatic heterocycles. The molecule has 0 unspecified atom stereocenters. The SMILES string of the molecule is C=CC(=O)NCc1cccc(Oc2ccc(F)cc2F)c1-c1nn(C)c(=O)c2ccccc12. The first-order chi connectivity index (χ1) is 15.9. The van der Waals surface area contributed by atoms with Gasteiger partial charge in [0.15, 0.2) is 11.6 Å². The van der Waals surface area contributed by atoms with E-state index in [1.165, 1.54) is 17.8 Å². The van der Waals surface area contributed by atoms with Crippen LogP contribution in [0.15, 0.2) is 78.1 Å². The Balaban J connectivity index is 1.96. The number of fused-ring (bicyclic) bond motifs is 1. The van der Waals surface area contributed by atoms with Crippen LogP contribution >= 0.6 is 0 Å². The summed E-state index contributed by atoms with van der Waals surface area (Å²) in [5.41, 5.74) is 1.20. The number of amides is 1. The topological polar surface area (TPSA) is 73.2 Å². The molecule has 1 N–H and O–H groups in total. The van der Waals surface area contributed by atoms with Gasteiger partial charge >= 0.3 is 0 Å².